The number of halogens is 1. The van der Waals surface area contributed by atoms with Gasteiger partial charge in [0.05, 0.1) is 30.6 Å². The first-order valence-electron chi connectivity index (χ1n) is 12.8. The van der Waals surface area contributed by atoms with E-state index in [-0.39, 0.29) is 17.6 Å². The molecule has 7 nitrogen and oxygen atoms in total. The highest BCUT2D eigenvalue weighted by molar-refractivity contribution is 6.04. The molecule has 0 saturated carbocycles. The van der Waals surface area contributed by atoms with E-state index in [0.717, 1.165) is 40.2 Å². The third-order valence-electron chi connectivity index (χ3n) is 7.34. The summed E-state index contributed by atoms with van der Waals surface area (Å²) in [5.74, 6) is -0.308. The average Bonchev–Trinajstić information content (AvgIpc) is 3.31. The van der Waals surface area contributed by atoms with E-state index in [9.17, 15) is 9.18 Å². The summed E-state index contributed by atoms with van der Waals surface area (Å²) in [5, 5.41) is 7.73. The van der Waals surface area contributed by atoms with Crippen molar-refractivity contribution in [3.63, 3.8) is 0 Å². The number of ether oxygens (including phenoxy) is 1. The van der Waals surface area contributed by atoms with Gasteiger partial charge in [-0.15, -0.1) is 0 Å². The van der Waals surface area contributed by atoms with Crippen LogP contribution in [-0.4, -0.2) is 40.4 Å². The third-order valence-corrected chi connectivity index (χ3v) is 7.34. The molecule has 1 amide bonds. The summed E-state index contributed by atoms with van der Waals surface area (Å²) >= 11 is 0. The number of hydrogen-bond acceptors (Lipinski definition) is 5. The van der Waals surface area contributed by atoms with Gasteiger partial charge in [-0.05, 0) is 67.8 Å². The van der Waals surface area contributed by atoms with E-state index in [1.807, 2.05) is 29.9 Å². The highest BCUT2D eigenvalue weighted by Crippen LogP contribution is 2.46. The summed E-state index contributed by atoms with van der Waals surface area (Å²) < 4.78 is 22.1. The number of aryl methyl sites for hydroxylation is 2. The maximum Gasteiger partial charge on any atom is 0.255 e. The highest BCUT2D eigenvalue weighted by atomic mass is 19.1. The minimum absolute atomic E-state index is 0.140. The number of amides is 1. The first-order chi connectivity index (χ1) is 18.2. The second kappa shape index (κ2) is 9.06. The van der Waals surface area contributed by atoms with Gasteiger partial charge >= 0.3 is 0 Å². The Bertz CT molecular complexity index is 1550. The first kappa shape index (κ1) is 24.3. The van der Waals surface area contributed by atoms with Gasteiger partial charge < -0.3 is 15.0 Å². The van der Waals surface area contributed by atoms with Crippen LogP contribution in [0.15, 0.2) is 60.9 Å². The van der Waals surface area contributed by atoms with Gasteiger partial charge in [0.25, 0.3) is 5.91 Å². The standard InChI is InChI=1S/C30H30FN5O2/c1-18-5-7-21(33-29(37)20-9-10-32-27(14-20)30(2,3)31)15-23(18)19-6-8-22-25(13-19)36-11-12-38-17-26(36)24-16-35(4)34-28(22)24/h5-10,13-16,26H,11-12,17H2,1-4H3,(H,33,37). The number of carbonyl (C=O) groups excluding carboxylic acids is 1. The Morgan fingerprint density at radius 2 is 1.97 bits per heavy atom. The smallest absolute Gasteiger partial charge is 0.255 e. The maximum absolute atomic E-state index is 14.4. The van der Waals surface area contributed by atoms with Crippen LogP contribution in [0.1, 0.15) is 47.1 Å². The predicted molar refractivity (Wildman–Crippen MR) is 146 cm³/mol. The normalized spacial score (nSPS) is 16.4. The van der Waals surface area contributed by atoms with Crippen molar-refractivity contribution in [2.24, 2.45) is 7.05 Å². The molecule has 1 unspecified atom stereocenters. The molecule has 1 N–H and O–H groups in total. The lowest BCUT2D eigenvalue weighted by atomic mass is 9.90. The summed E-state index contributed by atoms with van der Waals surface area (Å²) in [6.45, 7) is 7.05. The Balaban J connectivity index is 1.34. The summed E-state index contributed by atoms with van der Waals surface area (Å²) in [6, 6.07) is 15.6. The lowest BCUT2D eigenvalue weighted by Crippen LogP contribution is -2.41. The topological polar surface area (TPSA) is 72.3 Å². The summed E-state index contributed by atoms with van der Waals surface area (Å²) in [6.07, 6.45) is 3.56. The van der Waals surface area contributed by atoms with Crippen LogP contribution in [0, 0.1) is 6.92 Å². The number of anilines is 2. The van der Waals surface area contributed by atoms with Crippen molar-refractivity contribution in [2.75, 3.05) is 30.0 Å². The fourth-order valence-corrected chi connectivity index (χ4v) is 5.36. The number of hydrogen-bond donors (Lipinski definition) is 1. The lowest BCUT2D eigenvalue weighted by Gasteiger charge is -2.41. The fraction of sp³-hybridized carbons (Fsp3) is 0.300. The van der Waals surface area contributed by atoms with Gasteiger partial charge in [-0.25, -0.2) is 4.39 Å². The van der Waals surface area contributed by atoms with E-state index in [0.29, 0.717) is 24.5 Å². The molecule has 2 aliphatic rings. The quantitative estimate of drug-likeness (QED) is 0.375. The van der Waals surface area contributed by atoms with Gasteiger partial charge in [-0.1, -0.05) is 18.2 Å². The van der Waals surface area contributed by atoms with Crippen LogP contribution in [0.4, 0.5) is 15.8 Å². The van der Waals surface area contributed by atoms with Crippen molar-refractivity contribution in [3.05, 3.63) is 83.3 Å². The molecule has 0 aliphatic carbocycles. The van der Waals surface area contributed by atoms with Crippen molar-refractivity contribution in [1.82, 2.24) is 14.8 Å². The maximum atomic E-state index is 14.4. The summed E-state index contributed by atoms with van der Waals surface area (Å²) in [5.41, 5.74) is 7.29. The molecule has 1 atom stereocenters. The van der Waals surface area contributed by atoms with Crippen LogP contribution in [0.5, 0.6) is 0 Å². The minimum atomic E-state index is -1.63. The zero-order valence-corrected chi connectivity index (χ0v) is 22.0. The molecule has 6 rings (SSSR count). The molecule has 8 heteroatoms. The molecule has 1 fully saturated rings. The molecular weight excluding hydrogens is 481 g/mol. The van der Waals surface area contributed by atoms with Gasteiger partial charge in [0.2, 0.25) is 0 Å². The van der Waals surface area contributed by atoms with E-state index < -0.39 is 5.67 Å². The summed E-state index contributed by atoms with van der Waals surface area (Å²) in [4.78, 5) is 19.5. The molecule has 2 aromatic carbocycles. The molecule has 2 aromatic heterocycles. The number of fused-ring (bicyclic) bond motifs is 6. The molecule has 1 saturated heterocycles. The Kier molecular flexibility index (Phi) is 5.79. The zero-order chi connectivity index (χ0) is 26.6. The SMILES string of the molecule is Cc1ccc(NC(=O)c2ccnc(C(C)(C)F)c2)cc1-c1ccc2c(c1)N1CCOCC1c1cn(C)nc1-2. The number of benzene rings is 2. The number of carbonyl (C=O) groups is 1. The van der Waals surface area contributed by atoms with Crippen LogP contribution in [0.3, 0.4) is 0 Å². The first-order valence-corrected chi connectivity index (χ1v) is 12.8. The number of morpholine rings is 1. The molecule has 4 heterocycles. The number of nitrogens with zero attached hydrogens (tertiary/aromatic N) is 4. The number of aromatic nitrogens is 3. The molecule has 4 aromatic rings. The minimum Gasteiger partial charge on any atom is -0.377 e. The number of rotatable bonds is 4. The average molecular weight is 512 g/mol. The predicted octanol–water partition coefficient (Wildman–Crippen LogP) is 5.81. The van der Waals surface area contributed by atoms with E-state index in [4.69, 9.17) is 9.84 Å². The largest absolute Gasteiger partial charge is 0.377 e. The third kappa shape index (κ3) is 4.24. The Morgan fingerprint density at radius 3 is 2.79 bits per heavy atom. The fourth-order valence-electron chi connectivity index (χ4n) is 5.36. The van der Waals surface area contributed by atoms with Crippen LogP contribution in [0.2, 0.25) is 0 Å². The molecule has 0 radical (unpaired) electrons. The van der Waals surface area contributed by atoms with E-state index >= 15 is 0 Å². The second-order valence-electron chi connectivity index (χ2n) is 10.5. The van der Waals surface area contributed by atoms with Gasteiger partial charge in [0.15, 0.2) is 0 Å². The monoisotopic (exact) mass is 511 g/mol. The van der Waals surface area contributed by atoms with Crippen LogP contribution in [-0.2, 0) is 17.5 Å². The van der Waals surface area contributed by atoms with Crippen molar-refractivity contribution in [3.8, 4) is 22.4 Å². The number of alkyl halides is 1. The van der Waals surface area contributed by atoms with E-state index in [2.05, 4.69) is 46.5 Å². The molecule has 0 bridgehead atoms. The van der Waals surface area contributed by atoms with Crippen LogP contribution >= 0.6 is 0 Å². The van der Waals surface area contributed by atoms with Crippen molar-refractivity contribution in [1.29, 1.82) is 0 Å². The van der Waals surface area contributed by atoms with Crippen molar-refractivity contribution >= 4 is 17.3 Å². The van der Waals surface area contributed by atoms with Gasteiger partial charge in [-0.3, -0.25) is 14.5 Å². The van der Waals surface area contributed by atoms with E-state index in [1.165, 1.54) is 31.7 Å². The van der Waals surface area contributed by atoms with E-state index in [1.54, 1.807) is 6.07 Å². The Morgan fingerprint density at radius 1 is 1.13 bits per heavy atom. The van der Waals surface area contributed by atoms with Crippen LogP contribution in [0.25, 0.3) is 22.4 Å². The van der Waals surface area contributed by atoms with Crippen molar-refractivity contribution in [2.45, 2.75) is 32.5 Å². The summed E-state index contributed by atoms with van der Waals surface area (Å²) in [7, 11) is 1.95. The van der Waals surface area contributed by atoms with Crippen LogP contribution < -0.4 is 10.2 Å². The zero-order valence-electron chi connectivity index (χ0n) is 22.0. The number of nitrogens with one attached hydrogen (secondary N) is 1. The molecule has 2 aliphatic heterocycles. The van der Waals surface area contributed by atoms with Gasteiger partial charge in [0.1, 0.15) is 5.67 Å². The van der Waals surface area contributed by atoms with Gasteiger partial charge in [0, 0.05) is 54.1 Å². The molecule has 0 spiro atoms. The lowest BCUT2D eigenvalue weighted by molar-refractivity contribution is 0.0938. The van der Waals surface area contributed by atoms with Crippen molar-refractivity contribution < 1.29 is 13.9 Å². The molecular formula is C30H30FN5O2. The molecule has 194 valence electrons. The Hall–Kier alpha value is -4.04. The van der Waals surface area contributed by atoms with Gasteiger partial charge in [-0.2, -0.15) is 5.10 Å². The molecule has 38 heavy (non-hydrogen) atoms. The Labute approximate surface area is 221 Å². The highest BCUT2D eigenvalue weighted by Gasteiger charge is 2.35. The number of pyridine rings is 1. The second-order valence-corrected chi connectivity index (χ2v) is 10.5.